The highest BCUT2D eigenvalue weighted by atomic mass is 35.5. The fourth-order valence-corrected chi connectivity index (χ4v) is 7.32. The normalized spacial score (nSPS) is 40.2. The molecule has 20 heavy (non-hydrogen) atoms. The number of halogens is 2. The van der Waals surface area contributed by atoms with E-state index in [9.17, 15) is 0 Å². The van der Waals surface area contributed by atoms with Crippen molar-refractivity contribution in [2.75, 3.05) is 0 Å². The minimum absolute atomic E-state index is 0.0579. The van der Waals surface area contributed by atoms with Crippen molar-refractivity contribution in [1.29, 1.82) is 0 Å². The molecule has 1 aromatic heterocycles. The van der Waals surface area contributed by atoms with Crippen LogP contribution in [0.1, 0.15) is 56.6 Å². The molecule has 1 nitrogen and oxygen atoms in total. The maximum absolute atomic E-state index is 6.49. The molecule has 1 atom stereocenters. The van der Waals surface area contributed by atoms with Gasteiger partial charge in [-0.15, -0.1) is 11.3 Å². The summed E-state index contributed by atoms with van der Waals surface area (Å²) in [4.78, 5) is 0. The van der Waals surface area contributed by atoms with Crippen LogP contribution in [0, 0.1) is 23.2 Å². The van der Waals surface area contributed by atoms with E-state index in [0.717, 1.165) is 38.4 Å². The summed E-state index contributed by atoms with van der Waals surface area (Å²) in [6.07, 6.45) is 9.77. The second-order valence-corrected chi connectivity index (χ2v) is 9.79. The molecule has 0 amide bonds. The van der Waals surface area contributed by atoms with Crippen molar-refractivity contribution in [3.63, 3.8) is 0 Å². The second kappa shape index (κ2) is 4.87. The molecular weight excluding hydrogens is 309 g/mol. The third-order valence-electron chi connectivity index (χ3n) is 5.90. The Morgan fingerprint density at radius 1 is 1.15 bits per heavy atom. The van der Waals surface area contributed by atoms with Gasteiger partial charge in [-0.25, -0.2) is 0 Å². The molecule has 4 bridgehead atoms. The van der Waals surface area contributed by atoms with Gasteiger partial charge in [-0.1, -0.05) is 23.2 Å². The third kappa shape index (κ3) is 2.33. The van der Waals surface area contributed by atoms with Crippen molar-refractivity contribution in [2.24, 2.45) is 28.9 Å². The van der Waals surface area contributed by atoms with Gasteiger partial charge in [-0.2, -0.15) is 0 Å². The lowest BCUT2D eigenvalue weighted by molar-refractivity contribution is -0.0605. The lowest BCUT2D eigenvalue weighted by Gasteiger charge is -2.57. The van der Waals surface area contributed by atoms with Crippen LogP contribution in [-0.4, -0.2) is 0 Å². The predicted octanol–water partition coefficient (Wildman–Crippen LogP) is 5.66. The van der Waals surface area contributed by atoms with Crippen LogP contribution < -0.4 is 5.73 Å². The van der Waals surface area contributed by atoms with Gasteiger partial charge in [0, 0.05) is 6.04 Å². The molecule has 4 aliphatic rings. The van der Waals surface area contributed by atoms with Gasteiger partial charge >= 0.3 is 0 Å². The summed E-state index contributed by atoms with van der Waals surface area (Å²) < 4.78 is 1.54. The zero-order valence-electron chi connectivity index (χ0n) is 11.6. The second-order valence-electron chi connectivity index (χ2n) is 7.51. The summed E-state index contributed by atoms with van der Waals surface area (Å²) in [5, 5.41) is 0. The summed E-state index contributed by atoms with van der Waals surface area (Å²) in [5.41, 5.74) is 8.07. The summed E-state index contributed by atoms with van der Waals surface area (Å²) >= 11 is 13.8. The van der Waals surface area contributed by atoms with Crippen LogP contribution in [0.4, 0.5) is 0 Å². The number of hydrogen-bond donors (Lipinski definition) is 1. The van der Waals surface area contributed by atoms with Crippen molar-refractivity contribution in [3.05, 3.63) is 20.3 Å². The lowest BCUT2D eigenvalue weighted by atomic mass is 9.48. The first kappa shape index (κ1) is 13.9. The Labute approximate surface area is 134 Å². The van der Waals surface area contributed by atoms with Crippen molar-refractivity contribution >= 4 is 34.5 Å². The average Bonchev–Trinajstić information content (AvgIpc) is 2.66. The number of thiophene rings is 1. The largest absolute Gasteiger partial charge is 0.324 e. The highest BCUT2D eigenvalue weighted by molar-refractivity contribution is 7.20. The van der Waals surface area contributed by atoms with Gasteiger partial charge in [0.2, 0.25) is 0 Å². The molecule has 4 saturated carbocycles. The van der Waals surface area contributed by atoms with E-state index < -0.39 is 0 Å². The Bertz CT molecular complexity index is 489. The number of rotatable bonds is 3. The van der Waals surface area contributed by atoms with E-state index >= 15 is 0 Å². The smallest absolute Gasteiger partial charge is 0.0991 e. The van der Waals surface area contributed by atoms with E-state index in [0.29, 0.717) is 5.41 Å². The van der Waals surface area contributed by atoms with Gasteiger partial charge in [-0.05, 0) is 79.7 Å². The molecular formula is C16H21Cl2NS. The minimum Gasteiger partial charge on any atom is -0.324 e. The zero-order chi connectivity index (χ0) is 13.9. The number of nitrogens with two attached hydrogens (primary N) is 1. The Kier molecular flexibility index (Phi) is 3.38. The van der Waals surface area contributed by atoms with E-state index in [1.165, 1.54) is 49.9 Å². The van der Waals surface area contributed by atoms with Crippen LogP contribution >= 0.6 is 34.5 Å². The van der Waals surface area contributed by atoms with Gasteiger partial charge in [0.05, 0.1) is 8.67 Å². The van der Waals surface area contributed by atoms with Gasteiger partial charge in [0.15, 0.2) is 0 Å². The molecule has 0 saturated heterocycles. The van der Waals surface area contributed by atoms with Crippen molar-refractivity contribution in [3.8, 4) is 0 Å². The molecule has 4 aliphatic carbocycles. The molecule has 0 spiro atoms. The Morgan fingerprint density at radius 3 is 2.15 bits per heavy atom. The Balaban J connectivity index is 1.55. The third-order valence-corrected chi connectivity index (χ3v) is 7.42. The molecule has 2 N–H and O–H groups in total. The summed E-state index contributed by atoms with van der Waals surface area (Å²) in [6.45, 7) is 0. The van der Waals surface area contributed by atoms with Crippen LogP contribution in [0.2, 0.25) is 8.67 Å². The van der Waals surface area contributed by atoms with Crippen LogP contribution in [-0.2, 0) is 0 Å². The standard InChI is InChI=1S/C16H21Cl2NS/c17-14-4-12(15(18)20-14)13(19)8-16-5-9-1-10(6-16)3-11(2-9)7-16/h4,9-11,13H,1-3,5-8,19H2. The van der Waals surface area contributed by atoms with Crippen molar-refractivity contribution in [2.45, 2.75) is 51.0 Å². The molecule has 0 aliphatic heterocycles. The average molecular weight is 330 g/mol. The van der Waals surface area contributed by atoms with E-state index in [1.807, 2.05) is 6.07 Å². The van der Waals surface area contributed by atoms with Crippen molar-refractivity contribution < 1.29 is 0 Å². The highest BCUT2D eigenvalue weighted by Crippen LogP contribution is 2.62. The molecule has 110 valence electrons. The SMILES string of the molecule is NC(CC12CC3CC(CC(C3)C1)C2)c1cc(Cl)sc1Cl. The first-order valence-corrected chi connectivity index (χ1v) is 9.30. The fraction of sp³-hybridized carbons (Fsp3) is 0.750. The lowest BCUT2D eigenvalue weighted by Crippen LogP contribution is -2.47. The first-order chi connectivity index (χ1) is 9.53. The topological polar surface area (TPSA) is 26.0 Å². The Hall–Kier alpha value is 0.240. The predicted molar refractivity (Wildman–Crippen MR) is 86.5 cm³/mol. The summed E-state index contributed by atoms with van der Waals surface area (Å²) in [7, 11) is 0. The molecule has 4 heteroatoms. The molecule has 4 fully saturated rings. The fourth-order valence-electron chi connectivity index (χ4n) is 5.72. The molecule has 0 radical (unpaired) electrons. The van der Waals surface area contributed by atoms with Crippen LogP contribution in [0.15, 0.2) is 6.07 Å². The van der Waals surface area contributed by atoms with Crippen LogP contribution in [0.5, 0.6) is 0 Å². The highest BCUT2D eigenvalue weighted by Gasteiger charge is 2.51. The van der Waals surface area contributed by atoms with E-state index in [-0.39, 0.29) is 6.04 Å². The van der Waals surface area contributed by atoms with Gasteiger partial charge < -0.3 is 5.73 Å². The minimum atomic E-state index is 0.0579. The van der Waals surface area contributed by atoms with Crippen LogP contribution in [0.25, 0.3) is 0 Å². The van der Waals surface area contributed by atoms with Crippen LogP contribution in [0.3, 0.4) is 0 Å². The molecule has 1 unspecified atom stereocenters. The van der Waals surface area contributed by atoms with Gasteiger partial charge in [0.25, 0.3) is 0 Å². The van der Waals surface area contributed by atoms with Crippen molar-refractivity contribution in [1.82, 2.24) is 0 Å². The monoisotopic (exact) mass is 329 g/mol. The van der Waals surface area contributed by atoms with E-state index in [2.05, 4.69) is 0 Å². The molecule has 5 rings (SSSR count). The van der Waals surface area contributed by atoms with Gasteiger partial charge in [0.1, 0.15) is 0 Å². The molecule has 0 aromatic carbocycles. The maximum Gasteiger partial charge on any atom is 0.0991 e. The Morgan fingerprint density at radius 2 is 1.70 bits per heavy atom. The number of hydrogen-bond acceptors (Lipinski definition) is 2. The van der Waals surface area contributed by atoms with E-state index in [1.54, 1.807) is 0 Å². The first-order valence-electron chi connectivity index (χ1n) is 7.73. The quantitative estimate of drug-likeness (QED) is 0.760. The summed E-state index contributed by atoms with van der Waals surface area (Å²) in [6, 6.07) is 2.03. The van der Waals surface area contributed by atoms with Gasteiger partial charge in [-0.3, -0.25) is 0 Å². The molecule has 1 aromatic rings. The molecule has 1 heterocycles. The summed E-state index contributed by atoms with van der Waals surface area (Å²) in [5.74, 6) is 2.94. The maximum atomic E-state index is 6.49. The van der Waals surface area contributed by atoms with E-state index in [4.69, 9.17) is 28.9 Å². The zero-order valence-corrected chi connectivity index (χ0v) is 13.9.